The molecule has 2 aromatic rings. The number of carboxylic acid groups (broad SMARTS) is 1. The van der Waals surface area contributed by atoms with Crippen molar-refractivity contribution >= 4 is 46.5 Å². The summed E-state index contributed by atoms with van der Waals surface area (Å²) in [6.07, 6.45) is 6.74. The van der Waals surface area contributed by atoms with Gasteiger partial charge in [0.2, 0.25) is 5.91 Å². The summed E-state index contributed by atoms with van der Waals surface area (Å²) >= 11 is 12.6. The number of rotatable bonds is 5. The molecule has 222 valence electrons. The van der Waals surface area contributed by atoms with E-state index in [1.165, 1.54) is 6.07 Å². The minimum Gasteiger partial charge on any atom is -0.481 e. The maximum atomic E-state index is 16.0. The van der Waals surface area contributed by atoms with E-state index < -0.39 is 40.1 Å². The van der Waals surface area contributed by atoms with E-state index in [4.69, 9.17) is 23.2 Å². The molecule has 7 nitrogen and oxygen atoms in total. The summed E-state index contributed by atoms with van der Waals surface area (Å²) in [5.74, 6) is -2.64. The largest absolute Gasteiger partial charge is 0.481 e. The van der Waals surface area contributed by atoms with Gasteiger partial charge in [0.05, 0.1) is 16.5 Å². The number of fused-ring (bicyclic) bond motifs is 6. The van der Waals surface area contributed by atoms with Gasteiger partial charge in [-0.25, -0.2) is 9.37 Å². The quantitative estimate of drug-likeness (QED) is 0.336. The number of Topliss-reactive ketones (excluding diaryl/α,β-unsaturated/α-hetero) is 1. The molecule has 1 amide bonds. The number of aromatic nitrogens is 1. The van der Waals surface area contributed by atoms with Crippen LogP contribution in [0.1, 0.15) is 88.7 Å². The average Bonchev–Trinajstić information content (AvgIpc) is 3.38. The molecule has 8 rings (SSSR count). The normalized spacial score (nSPS) is 35.2. The third-order valence-electron chi connectivity index (χ3n) is 11.5. The van der Waals surface area contributed by atoms with Crippen LogP contribution in [-0.2, 0) is 19.8 Å². The summed E-state index contributed by atoms with van der Waals surface area (Å²) in [6.45, 7) is 4.26. The minimum absolute atomic E-state index is 0.0697. The third-order valence-corrected chi connectivity index (χ3v) is 12.0. The molecule has 0 radical (unpaired) electrons. The fraction of sp³-hybridized carbons (Fsp3) is 0.562. The predicted octanol–water partition coefficient (Wildman–Crippen LogP) is 6.42. The number of nitrogens with one attached hydrogen (secondary N) is 2. The first kappa shape index (κ1) is 28.2. The van der Waals surface area contributed by atoms with Crippen LogP contribution in [0.25, 0.3) is 0 Å². The molecule has 6 aliphatic rings. The summed E-state index contributed by atoms with van der Waals surface area (Å²) in [7, 11) is 0. The van der Waals surface area contributed by atoms with Crippen molar-refractivity contribution in [3.8, 4) is 0 Å². The fourth-order valence-corrected chi connectivity index (χ4v) is 10.1. The van der Waals surface area contributed by atoms with Crippen molar-refractivity contribution in [3.05, 3.63) is 57.6 Å². The van der Waals surface area contributed by atoms with Gasteiger partial charge < -0.3 is 10.4 Å². The van der Waals surface area contributed by atoms with Gasteiger partial charge in [0.25, 0.3) is 0 Å². The highest BCUT2D eigenvalue weighted by molar-refractivity contribution is 6.31. The third kappa shape index (κ3) is 3.67. The zero-order valence-corrected chi connectivity index (χ0v) is 25.2. The Hall–Kier alpha value is -2.55. The molecular weight excluding hydrogens is 580 g/mol. The number of amides is 1. The zero-order valence-electron chi connectivity index (χ0n) is 23.7. The molecule has 3 heterocycles. The molecule has 0 unspecified atom stereocenters. The first-order valence-corrected chi connectivity index (χ1v) is 15.5. The highest BCUT2D eigenvalue weighted by Gasteiger charge is 2.76. The summed E-state index contributed by atoms with van der Waals surface area (Å²) in [4.78, 5) is 45.3. The van der Waals surface area contributed by atoms with Gasteiger partial charge in [0.15, 0.2) is 5.78 Å². The van der Waals surface area contributed by atoms with Crippen LogP contribution in [0.2, 0.25) is 10.2 Å². The van der Waals surface area contributed by atoms with Gasteiger partial charge in [0.1, 0.15) is 16.4 Å². The fourth-order valence-electron chi connectivity index (χ4n) is 9.75. The lowest BCUT2D eigenvalue weighted by molar-refractivity contribution is -0.159. The average molecular weight is 615 g/mol. The number of aliphatic carboxylic acids is 1. The van der Waals surface area contributed by atoms with E-state index in [1.54, 1.807) is 24.4 Å². The Kier molecular flexibility index (Phi) is 6.04. The lowest BCUT2D eigenvalue weighted by atomic mass is 9.46. The number of benzene rings is 1. The van der Waals surface area contributed by atoms with Crippen LogP contribution < -0.4 is 10.6 Å². The number of nitrogens with zero attached hydrogens (tertiary/aromatic N) is 1. The van der Waals surface area contributed by atoms with Crippen LogP contribution in [0, 0.1) is 22.1 Å². The molecule has 4 aliphatic carbocycles. The number of pyridine rings is 1. The topological polar surface area (TPSA) is 108 Å². The van der Waals surface area contributed by atoms with Gasteiger partial charge in [-0.15, -0.1) is 0 Å². The first-order chi connectivity index (χ1) is 19.8. The van der Waals surface area contributed by atoms with E-state index >= 15 is 4.39 Å². The molecular formula is C32H34Cl2FN3O4. The Balaban J connectivity index is 1.36. The lowest BCUT2D eigenvalue weighted by Crippen LogP contribution is -2.68. The van der Waals surface area contributed by atoms with Crippen LogP contribution >= 0.6 is 23.2 Å². The molecule has 10 heteroatoms. The van der Waals surface area contributed by atoms with Crippen LogP contribution in [0.15, 0.2) is 30.5 Å². The van der Waals surface area contributed by atoms with E-state index in [-0.39, 0.29) is 44.7 Å². The Labute approximate surface area is 253 Å². The number of carbonyl (C=O) groups excluding carboxylic acids is 2. The van der Waals surface area contributed by atoms with E-state index in [9.17, 15) is 19.5 Å². The second-order valence-electron chi connectivity index (χ2n) is 14.4. The summed E-state index contributed by atoms with van der Waals surface area (Å²) in [6, 6.07) is 5.51. The van der Waals surface area contributed by atoms with Gasteiger partial charge in [-0.1, -0.05) is 49.2 Å². The smallest absolute Gasteiger partial charge is 0.309 e. The summed E-state index contributed by atoms with van der Waals surface area (Å²) in [5, 5.41) is 16.7. The van der Waals surface area contributed by atoms with Crippen molar-refractivity contribution in [2.45, 2.75) is 94.5 Å². The van der Waals surface area contributed by atoms with Crippen LogP contribution in [0.3, 0.4) is 0 Å². The number of carboxylic acids is 1. The highest BCUT2D eigenvalue weighted by atomic mass is 35.5. The number of ketones is 1. The first-order valence-electron chi connectivity index (χ1n) is 14.7. The highest BCUT2D eigenvalue weighted by Crippen LogP contribution is 2.69. The van der Waals surface area contributed by atoms with Gasteiger partial charge in [-0.05, 0) is 79.9 Å². The standard InChI is InChI=1S/C32H34Cl2FN3O4/c1-28(2)15-31(16-28)32(18-14-36-22(34)12-20(18)37-26(32)40)23(17-4-3-5-19(33)24(17)35)25(38-31)21(39)13-29-6-9-30(10-7-29,11-8-29)27(41)42/h3-5,12,14,23,25,38H,6-11,13,15-16H2,1-2H3,(H,37,40)(H,41,42)/t23-,25-,29?,30?,32+/m0/s1. The molecule has 3 N–H and O–H groups in total. The van der Waals surface area contributed by atoms with E-state index in [0.29, 0.717) is 62.6 Å². The lowest BCUT2D eigenvalue weighted by Gasteiger charge is -2.58. The number of carbonyl (C=O) groups is 3. The van der Waals surface area contributed by atoms with Crippen molar-refractivity contribution in [2.24, 2.45) is 16.2 Å². The molecule has 1 aromatic heterocycles. The van der Waals surface area contributed by atoms with Crippen molar-refractivity contribution in [2.75, 3.05) is 5.32 Å². The SMILES string of the molecule is CC1(C)CC2(C1)N[C@@H](C(=O)CC13CCC(C(=O)O)(CC1)CC3)[C@H](c1cccc(Cl)c1F)[C@]21C(=O)Nc2cc(Cl)ncc21. The molecule has 2 aliphatic heterocycles. The van der Waals surface area contributed by atoms with Crippen molar-refractivity contribution in [1.82, 2.24) is 10.3 Å². The van der Waals surface area contributed by atoms with Gasteiger partial charge in [-0.3, -0.25) is 19.7 Å². The maximum absolute atomic E-state index is 16.0. The van der Waals surface area contributed by atoms with Crippen molar-refractivity contribution in [1.29, 1.82) is 0 Å². The van der Waals surface area contributed by atoms with Crippen molar-refractivity contribution in [3.63, 3.8) is 0 Å². The predicted molar refractivity (Wildman–Crippen MR) is 156 cm³/mol. The van der Waals surface area contributed by atoms with E-state index in [1.807, 2.05) is 0 Å². The summed E-state index contributed by atoms with van der Waals surface area (Å²) in [5.41, 5.74) is -1.87. The zero-order chi connectivity index (χ0) is 29.9. The van der Waals surface area contributed by atoms with E-state index in [2.05, 4.69) is 29.5 Å². The molecule has 5 fully saturated rings. The monoisotopic (exact) mass is 613 g/mol. The maximum Gasteiger partial charge on any atom is 0.309 e. The van der Waals surface area contributed by atoms with E-state index in [0.717, 1.165) is 0 Å². The van der Waals surface area contributed by atoms with Gasteiger partial charge in [0, 0.05) is 35.3 Å². The van der Waals surface area contributed by atoms with Gasteiger partial charge in [-0.2, -0.15) is 0 Å². The molecule has 2 spiro atoms. The second-order valence-corrected chi connectivity index (χ2v) is 15.2. The van der Waals surface area contributed by atoms with Crippen LogP contribution in [0.4, 0.5) is 10.1 Å². The number of hydrogen-bond donors (Lipinski definition) is 3. The van der Waals surface area contributed by atoms with Gasteiger partial charge >= 0.3 is 5.97 Å². The Bertz CT molecular complexity index is 1530. The number of hydrogen-bond acceptors (Lipinski definition) is 5. The van der Waals surface area contributed by atoms with Crippen molar-refractivity contribution < 1.29 is 23.9 Å². The summed E-state index contributed by atoms with van der Waals surface area (Å²) < 4.78 is 16.0. The number of anilines is 1. The molecule has 42 heavy (non-hydrogen) atoms. The minimum atomic E-state index is -1.32. The Morgan fingerprint density at radius 3 is 2.38 bits per heavy atom. The Morgan fingerprint density at radius 2 is 1.76 bits per heavy atom. The molecule has 1 aromatic carbocycles. The molecule has 1 saturated heterocycles. The number of halogens is 3. The molecule has 3 atom stereocenters. The Morgan fingerprint density at radius 1 is 1.10 bits per heavy atom. The van der Waals surface area contributed by atoms with Crippen LogP contribution in [0.5, 0.6) is 0 Å². The molecule has 4 saturated carbocycles. The molecule has 2 bridgehead atoms. The second kappa shape index (κ2) is 8.99. The van der Waals surface area contributed by atoms with Crippen LogP contribution in [-0.4, -0.2) is 39.3 Å².